The van der Waals surface area contributed by atoms with E-state index in [-0.39, 0.29) is 5.92 Å². The molecule has 1 aromatic carbocycles. The summed E-state index contributed by atoms with van der Waals surface area (Å²) in [6.45, 7) is 4.29. The van der Waals surface area contributed by atoms with Gasteiger partial charge in [-0.25, -0.2) is 0 Å². The Balaban J connectivity index is 2.30. The molecule has 1 aromatic rings. The lowest BCUT2D eigenvalue weighted by atomic mass is 9.99. The third kappa shape index (κ3) is 2.69. The van der Waals surface area contributed by atoms with Gasteiger partial charge >= 0.3 is 0 Å². The first-order chi connectivity index (χ1) is 8.05. The molecule has 2 rings (SSSR count). The van der Waals surface area contributed by atoms with Crippen LogP contribution in [0.25, 0.3) is 0 Å². The summed E-state index contributed by atoms with van der Waals surface area (Å²) in [5.74, 6) is 0.146. The van der Waals surface area contributed by atoms with Gasteiger partial charge < -0.3 is 14.3 Å². The van der Waals surface area contributed by atoms with Gasteiger partial charge in [0.2, 0.25) is 5.79 Å². The molecular weight excluding hydrogens is 284 g/mol. The first-order valence-electron chi connectivity index (χ1n) is 5.53. The molecule has 0 amide bonds. The fourth-order valence-electron chi connectivity index (χ4n) is 1.79. The van der Waals surface area contributed by atoms with Gasteiger partial charge in [0.05, 0.1) is 6.61 Å². The predicted molar refractivity (Wildman–Crippen MR) is 68.5 cm³/mol. The average molecular weight is 299 g/mol. The lowest BCUT2D eigenvalue weighted by Crippen LogP contribution is -2.35. The number of hydrogen-bond acceptors (Lipinski definition) is 3. The number of carbonyl (C=O) groups is 1. The molecule has 17 heavy (non-hydrogen) atoms. The molecule has 0 fully saturated rings. The summed E-state index contributed by atoms with van der Waals surface area (Å²) in [7, 11) is 0. The molecule has 1 heterocycles. The summed E-state index contributed by atoms with van der Waals surface area (Å²) < 4.78 is 11.3. The van der Waals surface area contributed by atoms with Gasteiger partial charge in [-0.3, -0.25) is 0 Å². The lowest BCUT2D eigenvalue weighted by molar-refractivity contribution is -0.180. The van der Waals surface area contributed by atoms with Crippen LogP contribution < -0.4 is 4.74 Å². The van der Waals surface area contributed by atoms with Crippen LogP contribution in [0.4, 0.5) is 0 Å². The molecule has 92 valence electrons. The summed E-state index contributed by atoms with van der Waals surface area (Å²) in [5, 5.41) is 0.627. The van der Waals surface area contributed by atoms with Gasteiger partial charge in [-0.05, 0) is 17.7 Å². The number of hydrogen-bond donors (Lipinski definition) is 0. The Bertz CT molecular complexity index is 429. The van der Waals surface area contributed by atoms with Crippen LogP contribution in [0.1, 0.15) is 30.9 Å². The third-order valence-corrected chi connectivity index (χ3v) is 3.47. The van der Waals surface area contributed by atoms with Crippen LogP contribution in [0, 0.1) is 0 Å². The zero-order valence-corrected chi connectivity index (χ0v) is 11.5. The highest BCUT2D eigenvalue weighted by atomic mass is 79.9. The minimum atomic E-state index is -0.575. The van der Waals surface area contributed by atoms with Crippen LogP contribution in [-0.4, -0.2) is 17.4 Å². The van der Waals surface area contributed by atoms with Crippen LogP contribution in [-0.2, 0) is 16.1 Å². The normalized spacial score (nSPS) is 19.0. The van der Waals surface area contributed by atoms with Crippen LogP contribution in [0.15, 0.2) is 18.2 Å². The highest BCUT2D eigenvalue weighted by molar-refractivity contribution is 9.09. The fraction of sp³-hybridized carbons (Fsp3) is 0.462. The van der Waals surface area contributed by atoms with E-state index in [0.717, 1.165) is 23.2 Å². The number of carbonyl (C=O) groups excluding carboxylic acids is 1. The fourth-order valence-corrected chi connectivity index (χ4v) is 2.32. The number of ether oxygens (including phenoxy) is 2. The van der Waals surface area contributed by atoms with Crippen molar-refractivity contribution in [3.8, 4) is 5.75 Å². The number of fused-ring (bicyclic) bond motifs is 1. The van der Waals surface area contributed by atoms with E-state index in [1.54, 1.807) is 0 Å². The maximum atomic E-state index is 10.9. The quantitative estimate of drug-likeness (QED) is 0.636. The first-order valence-corrected chi connectivity index (χ1v) is 6.65. The Morgan fingerprint density at radius 2 is 2.29 bits per heavy atom. The van der Waals surface area contributed by atoms with Gasteiger partial charge in [0.15, 0.2) is 0 Å². The molecule has 1 aliphatic rings. The largest absolute Gasteiger partial charge is 0.463 e. The Morgan fingerprint density at radius 1 is 1.53 bits per heavy atom. The molecule has 3 nitrogen and oxygen atoms in total. The second-order valence-corrected chi connectivity index (χ2v) is 5.20. The molecule has 0 aromatic heterocycles. The smallest absolute Gasteiger partial charge is 0.205 e. The molecule has 0 saturated carbocycles. The van der Waals surface area contributed by atoms with Gasteiger partial charge in [-0.1, -0.05) is 22.0 Å². The first kappa shape index (κ1) is 12.6. The van der Waals surface area contributed by atoms with Gasteiger partial charge in [-0.15, -0.1) is 0 Å². The highest BCUT2D eigenvalue weighted by Gasteiger charge is 2.27. The van der Waals surface area contributed by atoms with Crippen molar-refractivity contribution in [3.05, 3.63) is 29.3 Å². The van der Waals surface area contributed by atoms with E-state index in [4.69, 9.17) is 9.47 Å². The summed E-state index contributed by atoms with van der Waals surface area (Å²) >= 11 is 3.33. The van der Waals surface area contributed by atoms with Crippen molar-refractivity contribution in [2.24, 2.45) is 0 Å². The van der Waals surface area contributed by atoms with E-state index in [1.807, 2.05) is 32.0 Å². The summed E-state index contributed by atoms with van der Waals surface area (Å²) in [4.78, 5) is 10.9. The standard InChI is InChI=1S/C13H15BrO3/c1-13(2)16-8-10-5-9(11(6-14)7-15)3-4-12(10)17-13/h3-5,7,11H,6,8H2,1-2H3. The van der Waals surface area contributed by atoms with Crippen molar-refractivity contribution < 1.29 is 14.3 Å². The second-order valence-electron chi connectivity index (χ2n) is 4.55. The topological polar surface area (TPSA) is 35.5 Å². The number of aldehydes is 1. The number of alkyl halides is 1. The number of halogens is 1. The highest BCUT2D eigenvalue weighted by Crippen LogP contribution is 2.33. The molecule has 1 aliphatic heterocycles. The van der Waals surface area contributed by atoms with Crippen molar-refractivity contribution in [3.63, 3.8) is 0 Å². The Kier molecular flexibility index (Phi) is 3.54. The van der Waals surface area contributed by atoms with E-state index in [2.05, 4.69) is 15.9 Å². The zero-order valence-electron chi connectivity index (χ0n) is 9.90. The summed E-state index contributed by atoms with van der Waals surface area (Å²) in [6, 6.07) is 5.82. The SMILES string of the molecule is CC1(C)OCc2cc(C(C=O)CBr)ccc2O1. The number of benzene rings is 1. The maximum absolute atomic E-state index is 10.9. The lowest BCUT2D eigenvalue weighted by Gasteiger charge is -2.32. The van der Waals surface area contributed by atoms with E-state index in [1.165, 1.54) is 0 Å². The molecule has 4 heteroatoms. The van der Waals surface area contributed by atoms with E-state index in [0.29, 0.717) is 11.9 Å². The Morgan fingerprint density at radius 3 is 2.94 bits per heavy atom. The van der Waals surface area contributed by atoms with Gasteiger partial charge in [0.25, 0.3) is 0 Å². The molecule has 0 saturated heterocycles. The van der Waals surface area contributed by atoms with Crippen LogP contribution in [0.3, 0.4) is 0 Å². The molecule has 0 aliphatic carbocycles. The van der Waals surface area contributed by atoms with Crippen LogP contribution in [0.2, 0.25) is 0 Å². The average Bonchev–Trinajstić information content (AvgIpc) is 2.30. The van der Waals surface area contributed by atoms with Crippen LogP contribution >= 0.6 is 15.9 Å². The van der Waals surface area contributed by atoms with Gasteiger partial charge in [-0.2, -0.15) is 0 Å². The van der Waals surface area contributed by atoms with E-state index in [9.17, 15) is 4.79 Å². The number of rotatable bonds is 3. The molecule has 1 atom stereocenters. The van der Waals surface area contributed by atoms with E-state index >= 15 is 0 Å². The van der Waals surface area contributed by atoms with Crippen molar-refractivity contribution in [2.45, 2.75) is 32.2 Å². The van der Waals surface area contributed by atoms with Crippen molar-refractivity contribution in [2.75, 3.05) is 5.33 Å². The predicted octanol–water partition coefficient (Wildman–Crippen LogP) is 3.01. The molecule has 0 bridgehead atoms. The Labute approximate surface area is 109 Å². The summed E-state index contributed by atoms with van der Waals surface area (Å²) in [5.41, 5.74) is 1.98. The van der Waals surface area contributed by atoms with Gasteiger partial charge in [0, 0.05) is 30.7 Å². The molecule has 1 unspecified atom stereocenters. The Hall–Kier alpha value is -0.870. The second kappa shape index (κ2) is 4.78. The van der Waals surface area contributed by atoms with Crippen molar-refractivity contribution in [1.82, 2.24) is 0 Å². The van der Waals surface area contributed by atoms with Crippen LogP contribution in [0.5, 0.6) is 5.75 Å². The van der Waals surface area contributed by atoms with Gasteiger partial charge in [0.1, 0.15) is 12.0 Å². The molecule has 0 spiro atoms. The van der Waals surface area contributed by atoms with Crippen molar-refractivity contribution in [1.29, 1.82) is 0 Å². The zero-order chi connectivity index (χ0) is 12.5. The molecular formula is C13H15BrO3. The maximum Gasteiger partial charge on any atom is 0.205 e. The summed E-state index contributed by atoms with van der Waals surface area (Å²) in [6.07, 6.45) is 0.949. The minimum absolute atomic E-state index is 0.116. The molecule has 0 N–H and O–H groups in total. The monoisotopic (exact) mass is 298 g/mol. The molecule has 0 radical (unpaired) electrons. The van der Waals surface area contributed by atoms with E-state index < -0.39 is 5.79 Å². The third-order valence-electron chi connectivity index (χ3n) is 2.77. The minimum Gasteiger partial charge on any atom is -0.463 e. The van der Waals surface area contributed by atoms with Crippen molar-refractivity contribution >= 4 is 22.2 Å².